The van der Waals surface area contributed by atoms with Crippen LogP contribution in [0.5, 0.6) is 0 Å². The van der Waals surface area contributed by atoms with Crippen LogP contribution in [0.3, 0.4) is 0 Å². The number of nitrogens with zero attached hydrogens (tertiary/aromatic N) is 4. The monoisotopic (exact) mass is 390 g/mol. The first-order valence-electron chi connectivity index (χ1n) is 8.93. The fourth-order valence-corrected chi connectivity index (χ4v) is 3.24. The summed E-state index contributed by atoms with van der Waals surface area (Å²) in [6.45, 7) is 5.14. The molecule has 1 aromatic carbocycles. The van der Waals surface area contributed by atoms with E-state index in [1.807, 2.05) is 6.92 Å². The van der Waals surface area contributed by atoms with Crippen molar-refractivity contribution in [2.24, 2.45) is 5.84 Å². The van der Waals surface area contributed by atoms with E-state index in [1.54, 1.807) is 50.4 Å². The van der Waals surface area contributed by atoms with E-state index in [0.717, 1.165) is 10.1 Å². The summed E-state index contributed by atoms with van der Waals surface area (Å²) in [6, 6.07) is 7.96. The number of hydrogen-bond acceptors (Lipinski definition) is 6. The van der Waals surface area contributed by atoms with Gasteiger partial charge in [0.25, 0.3) is 5.56 Å². The molecule has 29 heavy (non-hydrogen) atoms. The Hall–Kier alpha value is -3.83. The number of para-hydroxylation sites is 2. The number of hydrogen-bond donors (Lipinski definition) is 2. The van der Waals surface area contributed by atoms with E-state index in [2.05, 4.69) is 10.9 Å². The molecular weight excluding hydrogens is 368 g/mol. The third-order valence-electron chi connectivity index (χ3n) is 4.69. The number of aryl methyl sites for hydroxylation is 1. The van der Waals surface area contributed by atoms with Crippen LogP contribution in [-0.4, -0.2) is 14.1 Å². The Balaban J connectivity index is 2.42. The molecule has 2 heterocycles. The maximum atomic E-state index is 13.4. The lowest BCUT2D eigenvalue weighted by Gasteiger charge is -2.25. The molecule has 0 unspecified atom stereocenters. The van der Waals surface area contributed by atoms with Crippen molar-refractivity contribution in [2.75, 3.05) is 10.7 Å². The highest BCUT2D eigenvalue weighted by molar-refractivity contribution is 5.74. The Morgan fingerprint density at radius 3 is 2.52 bits per heavy atom. The molecule has 0 bridgehead atoms. The molecular formula is C21H22N6O2. The number of anilines is 3. The van der Waals surface area contributed by atoms with Gasteiger partial charge in [-0.25, -0.2) is 15.2 Å². The largest absolute Gasteiger partial charge is 0.397 e. The van der Waals surface area contributed by atoms with Gasteiger partial charge in [0, 0.05) is 6.20 Å². The van der Waals surface area contributed by atoms with Gasteiger partial charge in [-0.2, -0.15) is 0 Å². The zero-order valence-corrected chi connectivity index (χ0v) is 16.5. The molecule has 0 amide bonds. The van der Waals surface area contributed by atoms with Crippen molar-refractivity contribution >= 4 is 17.1 Å². The highest BCUT2D eigenvalue weighted by Gasteiger charge is 2.24. The highest BCUT2D eigenvalue weighted by Crippen LogP contribution is 2.27. The fraction of sp³-hybridized carbons (Fsp3) is 0.190. The van der Waals surface area contributed by atoms with E-state index in [-0.39, 0.29) is 5.69 Å². The van der Waals surface area contributed by atoms with E-state index in [4.69, 9.17) is 18.0 Å². The van der Waals surface area contributed by atoms with Gasteiger partial charge in [-0.15, -0.1) is 6.42 Å². The normalized spacial score (nSPS) is 11.7. The van der Waals surface area contributed by atoms with Crippen LogP contribution >= 0.6 is 0 Å². The summed E-state index contributed by atoms with van der Waals surface area (Å²) in [5, 5.41) is 1.19. The lowest BCUT2D eigenvalue weighted by Crippen LogP contribution is -2.45. The molecule has 0 aliphatic heterocycles. The van der Waals surface area contributed by atoms with Gasteiger partial charge in [-0.05, 0) is 44.5 Å². The summed E-state index contributed by atoms with van der Waals surface area (Å²) in [4.78, 5) is 30.7. The van der Waals surface area contributed by atoms with Crippen LogP contribution in [-0.2, 0) is 0 Å². The summed E-state index contributed by atoms with van der Waals surface area (Å²) in [7, 11) is 0. The van der Waals surface area contributed by atoms with Gasteiger partial charge in [0.2, 0.25) is 0 Å². The molecule has 0 saturated heterocycles. The van der Waals surface area contributed by atoms with Crippen molar-refractivity contribution < 1.29 is 0 Å². The number of pyridine rings is 1. The summed E-state index contributed by atoms with van der Waals surface area (Å²) < 4.78 is 2.38. The van der Waals surface area contributed by atoms with E-state index in [9.17, 15) is 9.59 Å². The number of nitrogen functional groups attached to an aromatic ring is 1. The second-order valence-corrected chi connectivity index (χ2v) is 6.72. The maximum absolute atomic E-state index is 13.4. The van der Waals surface area contributed by atoms with Crippen LogP contribution in [0.1, 0.15) is 24.2 Å². The van der Waals surface area contributed by atoms with Crippen molar-refractivity contribution in [1.29, 1.82) is 0 Å². The number of rotatable bonds is 4. The molecule has 1 atom stereocenters. The molecule has 0 aliphatic rings. The Morgan fingerprint density at radius 2 is 1.90 bits per heavy atom. The number of terminal acetylenes is 1. The van der Waals surface area contributed by atoms with Gasteiger partial charge in [0.15, 0.2) is 0 Å². The number of aromatic nitrogens is 3. The molecule has 8 heteroatoms. The average molecular weight is 390 g/mol. The summed E-state index contributed by atoms with van der Waals surface area (Å²) in [6.07, 6.45) is 8.65. The molecule has 2 aromatic heterocycles. The van der Waals surface area contributed by atoms with Gasteiger partial charge in [0.1, 0.15) is 5.69 Å². The third kappa shape index (κ3) is 3.39. The predicted octanol–water partition coefficient (Wildman–Crippen LogP) is 1.80. The van der Waals surface area contributed by atoms with Crippen molar-refractivity contribution in [3.05, 3.63) is 74.8 Å². The molecule has 4 N–H and O–H groups in total. The molecule has 0 spiro atoms. The summed E-state index contributed by atoms with van der Waals surface area (Å²) in [5.41, 5.74) is 7.26. The maximum Gasteiger partial charge on any atom is 0.337 e. The van der Waals surface area contributed by atoms with Gasteiger partial charge in [0.05, 0.1) is 35.0 Å². The zero-order valence-electron chi connectivity index (χ0n) is 16.5. The molecule has 8 nitrogen and oxygen atoms in total. The van der Waals surface area contributed by atoms with Crippen LogP contribution in [0.25, 0.3) is 5.69 Å². The van der Waals surface area contributed by atoms with E-state index in [0.29, 0.717) is 22.8 Å². The van der Waals surface area contributed by atoms with Crippen LogP contribution in [0.4, 0.5) is 17.1 Å². The van der Waals surface area contributed by atoms with Crippen molar-refractivity contribution in [2.45, 2.75) is 26.8 Å². The van der Waals surface area contributed by atoms with Gasteiger partial charge >= 0.3 is 5.69 Å². The lowest BCUT2D eigenvalue weighted by molar-refractivity contribution is 0.587. The first-order valence-corrected chi connectivity index (χ1v) is 8.93. The van der Waals surface area contributed by atoms with E-state index >= 15 is 0 Å². The zero-order chi connectivity index (χ0) is 21.3. The minimum absolute atomic E-state index is 0.0890. The predicted molar refractivity (Wildman–Crippen MR) is 114 cm³/mol. The topological polar surface area (TPSA) is 112 Å². The molecule has 0 saturated carbocycles. The first kappa shape index (κ1) is 19.9. The quantitative estimate of drug-likeness (QED) is 0.304. The number of nitrogens with two attached hydrogens (primary N) is 2. The summed E-state index contributed by atoms with van der Waals surface area (Å²) in [5.74, 6) is 8.85. The Labute approximate surface area is 168 Å². The van der Waals surface area contributed by atoms with E-state index in [1.165, 1.54) is 15.8 Å². The van der Waals surface area contributed by atoms with Gasteiger partial charge in [-0.1, -0.05) is 18.1 Å². The van der Waals surface area contributed by atoms with Crippen molar-refractivity contribution in [3.8, 4) is 18.0 Å². The number of hydrazine groups is 1. The lowest BCUT2D eigenvalue weighted by atomic mass is 10.2. The van der Waals surface area contributed by atoms with Crippen LogP contribution in [0.15, 0.2) is 52.3 Å². The first-order chi connectivity index (χ1) is 13.8. The number of benzene rings is 1. The van der Waals surface area contributed by atoms with Crippen LogP contribution < -0.4 is 27.8 Å². The SMILES string of the molecule is C#C[C@@H](C)n1c(C)c(N(N)c2ccccc2N)c(=O)n(-c2cncc(C)c2)c1=O. The summed E-state index contributed by atoms with van der Waals surface area (Å²) >= 11 is 0. The van der Waals surface area contributed by atoms with Crippen LogP contribution in [0.2, 0.25) is 0 Å². The molecule has 0 radical (unpaired) electrons. The molecule has 148 valence electrons. The van der Waals surface area contributed by atoms with Crippen molar-refractivity contribution in [1.82, 2.24) is 14.1 Å². The van der Waals surface area contributed by atoms with Gasteiger partial charge in [-0.3, -0.25) is 19.4 Å². The Morgan fingerprint density at radius 1 is 1.21 bits per heavy atom. The van der Waals surface area contributed by atoms with Crippen LogP contribution in [0, 0.1) is 26.2 Å². The smallest absolute Gasteiger partial charge is 0.337 e. The Kier molecular flexibility index (Phi) is 5.26. The molecule has 3 rings (SSSR count). The average Bonchev–Trinajstić information content (AvgIpc) is 2.68. The standard InChI is InChI=1S/C21H22N6O2/c1-5-14(3)25-15(4)19(27(23)18-9-7-6-8-17(18)22)20(28)26(21(25)29)16-10-13(2)11-24-12-16/h1,6-12,14H,22-23H2,2-4H3/t14-/m1/s1. The molecule has 0 fully saturated rings. The molecule has 0 aliphatic carbocycles. The van der Waals surface area contributed by atoms with Gasteiger partial charge < -0.3 is 5.73 Å². The highest BCUT2D eigenvalue weighted by atomic mass is 16.2. The fourth-order valence-electron chi connectivity index (χ4n) is 3.24. The van der Waals surface area contributed by atoms with E-state index < -0.39 is 17.3 Å². The Bertz CT molecular complexity index is 1240. The van der Waals surface area contributed by atoms with Crippen molar-refractivity contribution in [3.63, 3.8) is 0 Å². The second-order valence-electron chi connectivity index (χ2n) is 6.72. The molecule has 3 aromatic rings. The minimum Gasteiger partial charge on any atom is -0.397 e. The second kappa shape index (κ2) is 7.66. The third-order valence-corrected chi connectivity index (χ3v) is 4.69. The minimum atomic E-state index is -0.604.